The normalized spacial score (nSPS) is 24.8. The number of nitrogens with zero attached hydrogens (tertiary/aromatic N) is 2. The van der Waals surface area contributed by atoms with Crippen LogP contribution >= 0.6 is 0 Å². The molecule has 1 fully saturated rings. The van der Waals surface area contributed by atoms with Gasteiger partial charge in [0.05, 0.1) is 0 Å². The molecule has 1 aliphatic carbocycles. The Balaban J connectivity index is 1.84. The highest BCUT2D eigenvalue weighted by Gasteiger charge is 2.28. The van der Waals surface area contributed by atoms with Crippen molar-refractivity contribution in [1.82, 2.24) is 15.5 Å². The van der Waals surface area contributed by atoms with Crippen molar-refractivity contribution in [3.05, 3.63) is 11.3 Å². The predicted octanol–water partition coefficient (Wildman–Crippen LogP) is 1.65. The third-order valence-corrected chi connectivity index (χ3v) is 4.16. The molecule has 1 aromatic heterocycles. The van der Waals surface area contributed by atoms with Crippen LogP contribution in [0.25, 0.3) is 0 Å². The van der Waals surface area contributed by atoms with Gasteiger partial charge < -0.3 is 10.2 Å². The minimum absolute atomic E-state index is 0.719. The third-order valence-electron chi connectivity index (χ3n) is 4.16. The predicted molar refractivity (Wildman–Crippen MR) is 69.6 cm³/mol. The lowest BCUT2D eigenvalue weighted by atomic mass is 10.1. The van der Waals surface area contributed by atoms with Gasteiger partial charge in [0.25, 0.3) is 0 Å². The molecule has 3 rings (SSSR count). The fourth-order valence-corrected chi connectivity index (χ4v) is 3.14. The number of hydrogen-bond acceptors (Lipinski definition) is 3. The summed E-state index contributed by atoms with van der Waals surface area (Å²) in [7, 11) is 0. The van der Waals surface area contributed by atoms with Gasteiger partial charge in [0.2, 0.25) is 0 Å². The van der Waals surface area contributed by atoms with Crippen molar-refractivity contribution in [2.24, 2.45) is 0 Å². The van der Waals surface area contributed by atoms with Gasteiger partial charge in [0.15, 0.2) is 5.82 Å². The molecule has 4 heteroatoms. The summed E-state index contributed by atoms with van der Waals surface area (Å²) in [5.41, 5.74) is 2.92. The lowest BCUT2D eigenvalue weighted by molar-refractivity contribution is 0.632. The maximum atomic E-state index is 4.57. The number of aromatic amines is 1. The van der Waals surface area contributed by atoms with Crippen molar-refractivity contribution in [3.63, 3.8) is 0 Å². The van der Waals surface area contributed by atoms with Crippen molar-refractivity contribution in [1.29, 1.82) is 0 Å². The molecule has 2 heterocycles. The molecule has 0 saturated carbocycles. The molecule has 17 heavy (non-hydrogen) atoms. The largest absolute Gasteiger partial charge is 0.354 e. The van der Waals surface area contributed by atoms with E-state index in [-0.39, 0.29) is 0 Å². The molecule has 2 aliphatic rings. The first-order valence-corrected chi connectivity index (χ1v) is 6.93. The summed E-state index contributed by atoms with van der Waals surface area (Å²) in [6, 6.07) is 0. The molecule has 0 amide bonds. The van der Waals surface area contributed by atoms with E-state index in [1.165, 1.54) is 42.8 Å². The molecule has 0 radical (unpaired) electrons. The van der Waals surface area contributed by atoms with Crippen LogP contribution in [0.4, 0.5) is 5.82 Å². The maximum Gasteiger partial charge on any atom is 0.153 e. The number of rotatable bonds is 2. The van der Waals surface area contributed by atoms with Crippen LogP contribution in [0.3, 0.4) is 0 Å². The van der Waals surface area contributed by atoms with Crippen LogP contribution in [-0.2, 0) is 6.42 Å². The van der Waals surface area contributed by atoms with Gasteiger partial charge >= 0.3 is 0 Å². The second-order valence-corrected chi connectivity index (χ2v) is 5.17. The van der Waals surface area contributed by atoms with Crippen LogP contribution in [0.1, 0.15) is 43.4 Å². The third kappa shape index (κ3) is 1.95. The molecule has 1 aromatic rings. The van der Waals surface area contributed by atoms with Gasteiger partial charge in [-0.25, -0.2) is 0 Å². The Morgan fingerprint density at radius 3 is 3.18 bits per heavy atom. The fraction of sp³-hybridized carbons (Fsp3) is 0.769. The van der Waals surface area contributed by atoms with E-state index >= 15 is 0 Å². The minimum atomic E-state index is 0.719. The first-order chi connectivity index (χ1) is 8.40. The second-order valence-electron chi connectivity index (χ2n) is 5.17. The number of fused-ring (bicyclic) bond motifs is 1. The lowest BCUT2D eigenvalue weighted by Crippen LogP contribution is -2.28. The van der Waals surface area contributed by atoms with Gasteiger partial charge in [-0.2, -0.15) is 5.10 Å². The summed E-state index contributed by atoms with van der Waals surface area (Å²) in [6.45, 7) is 6.73. The number of nitrogens with one attached hydrogen (secondary N) is 2. The van der Waals surface area contributed by atoms with Crippen LogP contribution < -0.4 is 10.2 Å². The average molecular weight is 234 g/mol. The highest BCUT2D eigenvalue weighted by atomic mass is 15.3. The van der Waals surface area contributed by atoms with Gasteiger partial charge in [-0.15, -0.1) is 0 Å². The Morgan fingerprint density at radius 1 is 1.35 bits per heavy atom. The molecule has 1 saturated heterocycles. The minimum Gasteiger partial charge on any atom is -0.354 e. The zero-order valence-corrected chi connectivity index (χ0v) is 10.6. The monoisotopic (exact) mass is 234 g/mol. The van der Waals surface area contributed by atoms with Gasteiger partial charge in [0, 0.05) is 36.8 Å². The second kappa shape index (κ2) is 4.69. The number of anilines is 1. The Hall–Kier alpha value is -1.03. The van der Waals surface area contributed by atoms with Crippen molar-refractivity contribution in [3.8, 4) is 0 Å². The van der Waals surface area contributed by atoms with E-state index in [2.05, 4.69) is 27.3 Å². The summed E-state index contributed by atoms with van der Waals surface area (Å²) in [6.07, 6.45) is 4.97. The van der Waals surface area contributed by atoms with Crippen LogP contribution in [0.15, 0.2) is 0 Å². The summed E-state index contributed by atoms with van der Waals surface area (Å²) in [5, 5.41) is 11.3. The molecule has 0 bridgehead atoms. The van der Waals surface area contributed by atoms with Crippen LogP contribution in [0, 0.1) is 0 Å². The number of aromatic nitrogens is 2. The highest BCUT2D eigenvalue weighted by Crippen LogP contribution is 2.38. The molecule has 0 aromatic carbocycles. The average Bonchev–Trinajstić information content (AvgIpc) is 2.82. The van der Waals surface area contributed by atoms with E-state index in [0.29, 0.717) is 0 Å². The van der Waals surface area contributed by atoms with Gasteiger partial charge in [-0.05, 0) is 32.2 Å². The van der Waals surface area contributed by atoms with Crippen molar-refractivity contribution < 1.29 is 0 Å². The van der Waals surface area contributed by atoms with E-state index in [1.54, 1.807) is 0 Å². The molecule has 94 valence electrons. The molecular formula is C13H22N4. The molecule has 1 unspecified atom stereocenters. The Kier molecular flexibility index (Phi) is 3.05. The van der Waals surface area contributed by atoms with E-state index < -0.39 is 0 Å². The van der Waals surface area contributed by atoms with Crippen LogP contribution in [-0.4, -0.2) is 36.4 Å². The Morgan fingerprint density at radius 2 is 2.29 bits per heavy atom. The maximum absolute atomic E-state index is 4.57. The fourth-order valence-electron chi connectivity index (χ4n) is 3.14. The van der Waals surface area contributed by atoms with Crippen molar-refractivity contribution >= 4 is 5.82 Å². The van der Waals surface area contributed by atoms with Crippen LogP contribution in [0.2, 0.25) is 0 Å². The van der Waals surface area contributed by atoms with E-state index in [0.717, 1.165) is 32.1 Å². The molecule has 0 spiro atoms. The topological polar surface area (TPSA) is 44.0 Å². The summed E-state index contributed by atoms with van der Waals surface area (Å²) in [4.78, 5) is 2.45. The number of H-pyrrole nitrogens is 1. The summed E-state index contributed by atoms with van der Waals surface area (Å²) in [5.74, 6) is 1.95. The summed E-state index contributed by atoms with van der Waals surface area (Å²) < 4.78 is 0. The Labute approximate surface area is 103 Å². The zero-order chi connectivity index (χ0) is 11.7. The van der Waals surface area contributed by atoms with E-state index in [4.69, 9.17) is 0 Å². The first kappa shape index (κ1) is 11.1. The van der Waals surface area contributed by atoms with Gasteiger partial charge in [-0.1, -0.05) is 6.92 Å². The highest BCUT2D eigenvalue weighted by molar-refractivity contribution is 5.52. The molecule has 2 N–H and O–H groups in total. The van der Waals surface area contributed by atoms with Crippen molar-refractivity contribution in [2.45, 2.75) is 38.5 Å². The number of hydrogen-bond donors (Lipinski definition) is 2. The molecular weight excluding hydrogens is 212 g/mol. The quantitative estimate of drug-likeness (QED) is 0.818. The van der Waals surface area contributed by atoms with Gasteiger partial charge in [-0.3, -0.25) is 5.10 Å². The smallest absolute Gasteiger partial charge is 0.153 e. The lowest BCUT2D eigenvalue weighted by Gasteiger charge is -2.20. The molecule has 4 nitrogen and oxygen atoms in total. The Bertz CT molecular complexity index is 377. The molecule has 1 aliphatic heterocycles. The van der Waals surface area contributed by atoms with Gasteiger partial charge in [0.1, 0.15) is 0 Å². The van der Waals surface area contributed by atoms with E-state index in [1.807, 2.05) is 0 Å². The van der Waals surface area contributed by atoms with Crippen molar-refractivity contribution in [2.75, 3.05) is 31.1 Å². The molecule has 1 atom stereocenters. The summed E-state index contributed by atoms with van der Waals surface area (Å²) >= 11 is 0. The van der Waals surface area contributed by atoms with Crippen LogP contribution in [0.5, 0.6) is 0 Å². The SMILES string of the molecule is CCC1CCc2c(N3CCCNCC3)n[nH]c21. The van der Waals surface area contributed by atoms with E-state index in [9.17, 15) is 0 Å². The zero-order valence-electron chi connectivity index (χ0n) is 10.6. The standard InChI is InChI=1S/C13H22N4/c1-2-10-4-5-11-12(10)15-16-13(11)17-8-3-6-14-7-9-17/h10,14H,2-9H2,1H3,(H,15,16). The first-order valence-electron chi connectivity index (χ1n) is 6.93.